The van der Waals surface area contributed by atoms with Crippen molar-refractivity contribution in [1.82, 2.24) is 9.80 Å². The molecule has 2 heterocycles. The summed E-state index contributed by atoms with van der Waals surface area (Å²) in [5, 5.41) is 11.9. The maximum absolute atomic E-state index is 13.1. The molecule has 2 atom stereocenters. The zero-order chi connectivity index (χ0) is 18.1. The van der Waals surface area contributed by atoms with Gasteiger partial charge in [-0.25, -0.2) is 0 Å². The Labute approximate surface area is 157 Å². The van der Waals surface area contributed by atoms with E-state index in [2.05, 4.69) is 17.3 Å². The molecule has 1 N–H and O–H groups in total. The Balaban J connectivity index is 1.47. The van der Waals surface area contributed by atoms with E-state index in [1.165, 1.54) is 17.3 Å². The maximum Gasteiger partial charge on any atom is 0.246 e. The first kappa shape index (κ1) is 17.4. The van der Waals surface area contributed by atoms with Gasteiger partial charge in [-0.2, -0.15) is 0 Å². The van der Waals surface area contributed by atoms with Gasteiger partial charge in [0.25, 0.3) is 0 Å². The highest BCUT2D eigenvalue weighted by Crippen LogP contribution is 2.31. The first-order valence-electron chi connectivity index (χ1n) is 9.12. The molecule has 4 rings (SSSR count). The zero-order valence-electron chi connectivity index (χ0n) is 14.6. The second-order valence-electron chi connectivity index (χ2n) is 7.20. The summed E-state index contributed by atoms with van der Waals surface area (Å²) in [7, 11) is 0. The van der Waals surface area contributed by atoms with Gasteiger partial charge >= 0.3 is 0 Å². The standard InChI is InChI=1S/C19H23N3O3S/c23-18(15-8-13-4-1-2-5-14(13)9-15)21-7-3-6-17(21)19(24)22-12-26-11-16(22)10-20-25/h1-2,4-5,10,15-17,25H,3,6-9,11-12H2/t16-,17+/m1/s1. The van der Waals surface area contributed by atoms with Crippen molar-refractivity contribution in [3.63, 3.8) is 0 Å². The van der Waals surface area contributed by atoms with Gasteiger partial charge in [-0.05, 0) is 36.8 Å². The fourth-order valence-corrected chi connectivity index (χ4v) is 5.46. The van der Waals surface area contributed by atoms with E-state index in [1.807, 2.05) is 12.1 Å². The van der Waals surface area contributed by atoms with Crippen molar-refractivity contribution in [2.45, 2.75) is 37.8 Å². The molecule has 7 heteroatoms. The smallest absolute Gasteiger partial charge is 0.246 e. The lowest BCUT2D eigenvalue weighted by atomic mass is 10.0. The second-order valence-corrected chi connectivity index (χ2v) is 8.20. The highest BCUT2D eigenvalue weighted by atomic mass is 32.2. The second kappa shape index (κ2) is 7.31. The van der Waals surface area contributed by atoms with Gasteiger partial charge in [-0.3, -0.25) is 9.59 Å². The number of carbonyl (C=O) groups is 2. The van der Waals surface area contributed by atoms with Crippen LogP contribution in [0.25, 0.3) is 0 Å². The number of thioether (sulfide) groups is 1. The molecule has 0 bridgehead atoms. The lowest BCUT2D eigenvalue weighted by Gasteiger charge is -2.31. The van der Waals surface area contributed by atoms with E-state index >= 15 is 0 Å². The minimum Gasteiger partial charge on any atom is -0.411 e. The van der Waals surface area contributed by atoms with E-state index in [9.17, 15) is 9.59 Å². The van der Waals surface area contributed by atoms with E-state index in [4.69, 9.17) is 5.21 Å². The molecule has 2 fully saturated rings. The van der Waals surface area contributed by atoms with Crippen molar-refractivity contribution in [2.24, 2.45) is 11.1 Å². The van der Waals surface area contributed by atoms with Gasteiger partial charge < -0.3 is 15.0 Å². The van der Waals surface area contributed by atoms with Gasteiger partial charge in [0.15, 0.2) is 0 Å². The third-order valence-corrected chi connectivity index (χ3v) is 6.70. The summed E-state index contributed by atoms with van der Waals surface area (Å²) >= 11 is 1.64. The van der Waals surface area contributed by atoms with Crippen molar-refractivity contribution < 1.29 is 14.8 Å². The zero-order valence-corrected chi connectivity index (χ0v) is 15.4. The predicted octanol–water partition coefficient (Wildman–Crippen LogP) is 1.75. The lowest BCUT2D eigenvalue weighted by molar-refractivity contribution is -0.145. The summed E-state index contributed by atoms with van der Waals surface area (Å²) in [6, 6.07) is 7.65. The molecule has 0 unspecified atom stereocenters. The van der Waals surface area contributed by atoms with Gasteiger partial charge in [0.2, 0.25) is 11.8 Å². The lowest BCUT2D eigenvalue weighted by Crippen LogP contribution is -2.51. The Morgan fingerprint density at radius 1 is 1.15 bits per heavy atom. The van der Waals surface area contributed by atoms with E-state index in [1.54, 1.807) is 21.6 Å². The van der Waals surface area contributed by atoms with Gasteiger partial charge in [0.05, 0.1) is 18.1 Å². The fraction of sp³-hybridized carbons (Fsp3) is 0.526. The van der Waals surface area contributed by atoms with Crippen LogP contribution in [0, 0.1) is 5.92 Å². The minimum absolute atomic E-state index is 0.0127. The monoisotopic (exact) mass is 373 g/mol. The number of carbonyl (C=O) groups excluding carboxylic acids is 2. The number of nitrogens with zero attached hydrogens (tertiary/aromatic N) is 3. The molecule has 1 aliphatic carbocycles. The topological polar surface area (TPSA) is 73.2 Å². The quantitative estimate of drug-likeness (QED) is 0.498. The Morgan fingerprint density at radius 2 is 1.88 bits per heavy atom. The van der Waals surface area contributed by atoms with Crippen molar-refractivity contribution in [3.8, 4) is 0 Å². The molecule has 2 aliphatic heterocycles. The average molecular weight is 373 g/mol. The summed E-state index contributed by atoms with van der Waals surface area (Å²) in [5.74, 6) is 1.36. The Morgan fingerprint density at radius 3 is 2.58 bits per heavy atom. The Hall–Kier alpha value is -2.02. The summed E-state index contributed by atoms with van der Waals surface area (Å²) in [5.41, 5.74) is 2.51. The number of hydrogen-bond donors (Lipinski definition) is 1. The third kappa shape index (κ3) is 3.09. The molecule has 0 saturated carbocycles. The first-order valence-corrected chi connectivity index (χ1v) is 10.3. The number of likely N-dealkylation sites (tertiary alicyclic amines) is 1. The minimum atomic E-state index is -0.375. The Bertz CT molecular complexity index is 713. The number of amides is 2. The highest BCUT2D eigenvalue weighted by molar-refractivity contribution is 7.99. The SMILES string of the molecule is O=C([C@@H]1CCCN1C(=O)C1Cc2ccccc2C1)N1CSC[C@H]1C=NO. The van der Waals surface area contributed by atoms with Crippen LogP contribution in [0.3, 0.4) is 0 Å². The molecule has 2 amide bonds. The molecule has 138 valence electrons. The molecule has 1 aromatic carbocycles. The number of fused-ring (bicyclic) bond motifs is 1. The molecule has 0 spiro atoms. The van der Waals surface area contributed by atoms with Gasteiger partial charge in [0, 0.05) is 18.2 Å². The number of oxime groups is 1. The van der Waals surface area contributed by atoms with Crippen molar-refractivity contribution in [1.29, 1.82) is 0 Å². The number of hydrogen-bond acceptors (Lipinski definition) is 5. The molecule has 0 radical (unpaired) electrons. The van der Waals surface area contributed by atoms with Crippen LogP contribution in [0.2, 0.25) is 0 Å². The summed E-state index contributed by atoms with van der Waals surface area (Å²) < 4.78 is 0. The summed E-state index contributed by atoms with van der Waals surface area (Å²) in [6.07, 6.45) is 4.53. The predicted molar refractivity (Wildman–Crippen MR) is 100 cm³/mol. The molecule has 3 aliphatic rings. The number of rotatable bonds is 3. The Kier molecular flexibility index (Phi) is 4.89. The normalized spacial score (nSPS) is 26.0. The van der Waals surface area contributed by atoms with Crippen LogP contribution < -0.4 is 0 Å². The average Bonchev–Trinajstić information content (AvgIpc) is 3.39. The summed E-state index contributed by atoms with van der Waals surface area (Å²) in [4.78, 5) is 29.7. The highest BCUT2D eigenvalue weighted by Gasteiger charge is 2.42. The van der Waals surface area contributed by atoms with Crippen LogP contribution in [-0.4, -0.2) is 63.3 Å². The maximum atomic E-state index is 13.1. The van der Waals surface area contributed by atoms with E-state index in [0.29, 0.717) is 18.8 Å². The van der Waals surface area contributed by atoms with E-state index in [0.717, 1.165) is 25.0 Å². The van der Waals surface area contributed by atoms with Crippen molar-refractivity contribution in [2.75, 3.05) is 18.2 Å². The van der Waals surface area contributed by atoms with Crippen molar-refractivity contribution in [3.05, 3.63) is 35.4 Å². The molecule has 1 aromatic rings. The molecular formula is C19H23N3O3S. The summed E-state index contributed by atoms with van der Waals surface area (Å²) in [6.45, 7) is 0.655. The third-order valence-electron chi connectivity index (χ3n) is 5.66. The van der Waals surface area contributed by atoms with Gasteiger partial charge in [0.1, 0.15) is 6.04 Å². The molecule has 26 heavy (non-hydrogen) atoms. The molecule has 0 aromatic heterocycles. The first-order chi connectivity index (χ1) is 12.7. The van der Waals surface area contributed by atoms with E-state index < -0.39 is 0 Å². The molecule has 6 nitrogen and oxygen atoms in total. The van der Waals surface area contributed by atoms with Crippen LogP contribution in [0.15, 0.2) is 29.4 Å². The number of benzene rings is 1. The van der Waals surface area contributed by atoms with Crippen LogP contribution in [-0.2, 0) is 22.4 Å². The van der Waals surface area contributed by atoms with Crippen LogP contribution >= 0.6 is 11.8 Å². The fourth-order valence-electron chi connectivity index (χ4n) is 4.33. The van der Waals surface area contributed by atoms with Crippen LogP contribution in [0.4, 0.5) is 0 Å². The largest absolute Gasteiger partial charge is 0.411 e. The molecular weight excluding hydrogens is 350 g/mol. The van der Waals surface area contributed by atoms with Gasteiger partial charge in [-0.15, -0.1) is 11.8 Å². The van der Waals surface area contributed by atoms with Crippen molar-refractivity contribution >= 4 is 29.8 Å². The molecule has 2 saturated heterocycles. The van der Waals surface area contributed by atoms with Gasteiger partial charge in [-0.1, -0.05) is 29.4 Å². The van der Waals surface area contributed by atoms with Crippen LogP contribution in [0.5, 0.6) is 0 Å². The van der Waals surface area contributed by atoms with E-state index in [-0.39, 0.29) is 29.8 Å². The van der Waals surface area contributed by atoms with Crippen LogP contribution in [0.1, 0.15) is 24.0 Å².